The molecule has 3 aliphatic rings. The van der Waals surface area contributed by atoms with Crippen molar-refractivity contribution in [2.24, 2.45) is 5.92 Å². The van der Waals surface area contributed by atoms with E-state index in [0.29, 0.717) is 0 Å². The fourth-order valence-electron chi connectivity index (χ4n) is 5.83. The molecule has 3 saturated carbocycles. The summed E-state index contributed by atoms with van der Waals surface area (Å²) in [5.74, 6) is 2.76. The first-order valence-electron chi connectivity index (χ1n) is 10.3. The molecule has 22 heavy (non-hydrogen) atoms. The molecule has 0 amide bonds. The molecular weight excluding hydrogens is 263 g/mol. The molecule has 1 heteroatoms. The molecule has 0 saturated heterocycles. The molecule has 0 radical (unpaired) electrons. The van der Waals surface area contributed by atoms with Crippen molar-refractivity contribution in [1.29, 1.82) is 0 Å². The highest BCUT2D eigenvalue weighted by molar-refractivity contribution is 6.69. The summed E-state index contributed by atoms with van der Waals surface area (Å²) in [6.45, 7) is 5.03. The van der Waals surface area contributed by atoms with Crippen LogP contribution < -0.4 is 0 Å². The molecule has 0 bridgehead atoms. The average Bonchev–Trinajstić information content (AvgIpc) is 2.62. The molecule has 0 atom stereocenters. The summed E-state index contributed by atoms with van der Waals surface area (Å²) in [6, 6.07) is 0. The second kappa shape index (κ2) is 8.44. The SMILES string of the molecule is C=C=C(B(C1CCCCC1)C1CCCCC1)C1CCCCC1. The first-order valence-corrected chi connectivity index (χ1v) is 10.3. The third-order valence-corrected chi connectivity index (χ3v) is 6.92. The maximum absolute atomic E-state index is 4.18. The van der Waals surface area contributed by atoms with Crippen molar-refractivity contribution in [3.05, 3.63) is 17.8 Å². The topological polar surface area (TPSA) is 0 Å². The average molecular weight is 298 g/mol. The summed E-state index contributed by atoms with van der Waals surface area (Å²) in [7, 11) is 0. The van der Waals surface area contributed by atoms with Crippen LogP contribution in [0.2, 0.25) is 11.6 Å². The van der Waals surface area contributed by atoms with E-state index in [1.807, 2.05) is 0 Å². The lowest BCUT2D eigenvalue weighted by Crippen LogP contribution is -2.35. The summed E-state index contributed by atoms with van der Waals surface area (Å²) >= 11 is 0. The Morgan fingerprint density at radius 3 is 1.45 bits per heavy atom. The zero-order chi connectivity index (χ0) is 15.2. The lowest BCUT2D eigenvalue weighted by Gasteiger charge is -2.39. The van der Waals surface area contributed by atoms with Crippen LogP contribution in [0.1, 0.15) is 96.3 Å². The van der Waals surface area contributed by atoms with Gasteiger partial charge in [0.1, 0.15) is 0 Å². The lowest BCUT2D eigenvalue weighted by atomic mass is 9.25. The van der Waals surface area contributed by atoms with Gasteiger partial charge in [0.25, 0.3) is 0 Å². The van der Waals surface area contributed by atoms with Crippen molar-refractivity contribution in [3.63, 3.8) is 0 Å². The highest BCUT2D eigenvalue weighted by Crippen LogP contribution is 2.46. The minimum absolute atomic E-state index is 0.833. The third-order valence-electron chi connectivity index (χ3n) is 6.92. The second-order valence-electron chi connectivity index (χ2n) is 8.29. The highest BCUT2D eigenvalue weighted by Gasteiger charge is 2.39. The van der Waals surface area contributed by atoms with Crippen molar-refractivity contribution in [3.8, 4) is 0 Å². The fourth-order valence-corrected chi connectivity index (χ4v) is 5.83. The van der Waals surface area contributed by atoms with E-state index in [4.69, 9.17) is 0 Å². The number of hydrogen-bond donors (Lipinski definition) is 0. The zero-order valence-corrected chi connectivity index (χ0v) is 14.6. The quantitative estimate of drug-likeness (QED) is 0.388. The Hall–Kier alpha value is -0.415. The Morgan fingerprint density at radius 1 is 0.636 bits per heavy atom. The summed E-state index contributed by atoms with van der Waals surface area (Å²) in [6.07, 6.45) is 22.0. The maximum atomic E-state index is 4.18. The highest BCUT2D eigenvalue weighted by atomic mass is 14.3. The van der Waals surface area contributed by atoms with Gasteiger partial charge in [0.15, 0.2) is 6.71 Å². The monoisotopic (exact) mass is 298 g/mol. The Balaban J connectivity index is 1.79. The second-order valence-corrected chi connectivity index (χ2v) is 8.29. The van der Waals surface area contributed by atoms with E-state index in [1.54, 1.807) is 5.47 Å². The Bertz CT molecular complexity index is 357. The number of hydrogen-bond acceptors (Lipinski definition) is 0. The van der Waals surface area contributed by atoms with Gasteiger partial charge in [-0.15, -0.1) is 5.73 Å². The number of allylic oxidation sites excluding steroid dienone is 1. The van der Waals surface area contributed by atoms with Crippen molar-refractivity contribution in [1.82, 2.24) is 0 Å². The van der Waals surface area contributed by atoms with Gasteiger partial charge in [-0.25, -0.2) is 0 Å². The summed E-state index contributed by atoms with van der Waals surface area (Å²) in [5, 5.41) is 0. The van der Waals surface area contributed by atoms with Gasteiger partial charge >= 0.3 is 0 Å². The first-order chi connectivity index (χ1) is 10.9. The molecule has 0 nitrogen and oxygen atoms in total. The molecule has 0 unspecified atom stereocenters. The largest absolute Gasteiger partial charge is 0.187 e. The van der Waals surface area contributed by atoms with E-state index in [2.05, 4.69) is 12.3 Å². The summed E-state index contributed by atoms with van der Waals surface area (Å²) in [4.78, 5) is 0. The van der Waals surface area contributed by atoms with Crippen molar-refractivity contribution < 1.29 is 0 Å². The minimum Gasteiger partial charge on any atom is -0.139 e. The van der Waals surface area contributed by atoms with E-state index in [9.17, 15) is 0 Å². The molecule has 0 heterocycles. The third kappa shape index (κ3) is 3.91. The van der Waals surface area contributed by atoms with E-state index in [1.165, 1.54) is 96.3 Å². The van der Waals surface area contributed by atoms with Gasteiger partial charge in [-0.05, 0) is 18.8 Å². The van der Waals surface area contributed by atoms with Gasteiger partial charge in [0.2, 0.25) is 0 Å². The first kappa shape index (κ1) is 16.4. The fraction of sp³-hybridized carbons (Fsp3) is 0.857. The molecule has 0 aromatic carbocycles. The van der Waals surface area contributed by atoms with Gasteiger partial charge < -0.3 is 0 Å². The van der Waals surface area contributed by atoms with Crippen LogP contribution in [0.5, 0.6) is 0 Å². The lowest BCUT2D eigenvalue weighted by molar-refractivity contribution is 0.405. The molecular formula is C21H35B. The van der Waals surface area contributed by atoms with E-state index in [0.717, 1.165) is 24.3 Å². The van der Waals surface area contributed by atoms with Crippen LogP contribution in [0.3, 0.4) is 0 Å². The Morgan fingerprint density at radius 2 is 1.05 bits per heavy atom. The normalized spacial score (nSPS) is 25.6. The predicted molar refractivity (Wildman–Crippen MR) is 98.7 cm³/mol. The van der Waals surface area contributed by atoms with Crippen LogP contribution in [0, 0.1) is 5.92 Å². The van der Waals surface area contributed by atoms with Crippen molar-refractivity contribution >= 4 is 6.71 Å². The van der Waals surface area contributed by atoms with Gasteiger partial charge in [-0.1, -0.05) is 107 Å². The van der Waals surface area contributed by atoms with Crippen LogP contribution >= 0.6 is 0 Å². The standard InChI is InChI=1S/C21H35B/c1-2-21(18-12-6-3-7-13-18)22(19-14-8-4-9-15-19)20-16-10-5-11-17-20/h18-20H,1,3-17H2. The number of rotatable bonds is 4. The van der Waals surface area contributed by atoms with Gasteiger partial charge in [0, 0.05) is 0 Å². The summed E-state index contributed by atoms with van der Waals surface area (Å²) in [5.41, 5.74) is 5.23. The molecule has 0 spiro atoms. The van der Waals surface area contributed by atoms with Gasteiger partial charge in [0.05, 0.1) is 0 Å². The predicted octanol–water partition coefficient (Wildman–Crippen LogP) is 6.98. The van der Waals surface area contributed by atoms with E-state index in [-0.39, 0.29) is 0 Å². The van der Waals surface area contributed by atoms with Gasteiger partial charge in [-0.3, -0.25) is 0 Å². The van der Waals surface area contributed by atoms with Crippen molar-refractivity contribution in [2.45, 2.75) is 108 Å². The van der Waals surface area contributed by atoms with Crippen LogP contribution in [0.4, 0.5) is 0 Å². The summed E-state index contributed by atoms with van der Waals surface area (Å²) < 4.78 is 0. The van der Waals surface area contributed by atoms with Crippen LogP contribution in [0.15, 0.2) is 17.8 Å². The molecule has 0 aromatic rings. The van der Waals surface area contributed by atoms with E-state index < -0.39 is 0 Å². The van der Waals surface area contributed by atoms with E-state index >= 15 is 0 Å². The smallest absolute Gasteiger partial charge is 0.139 e. The van der Waals surface area contributed by atoms with Gasteiger partial charge in [-0.2, -0.15) is 0 Å². The Labute approximate surface area is 138 Å². The molecule has 122 valence electrons. The van der Waals surface area contributed by atoms with Crippen LogP contribution in [0.25, 0.3) is 0 Å². The molecule has 0 N–H and O–H groups in total. The molecule has 0 aliphatic heterocycles. The molecule has 0 aromatic heterocycles. The molecule has 3 rings (SSSR count). The van der Waals surface area contributed by atoms with Crippen LogP contribution in [-0.2, 0) is 0 Å². The van der Waals surface area contributed by atoms with Crippen LogP contribution in [-0.4, -0.2) is 6.71 Å². The Kier molecular flexibility index (Phi) is 6.31. The minimum atomic E-state index is 0.833. The zero-order valence-electron chi connectivity index (χ0n) is 14.6. The maximum Gasteiger partial charge on any atom is 0.187 e. The van der Waals surface area contributed by atoms with Crippen molar-refractivity contribution in [2.75, 3.05) is 0 Å². The molecule has 3 fully saturated rings. The molecule has 3 aliphatic carbocycles.